The van der Waals surface area contributed by atoms with Crippen LogP contribution in [0.25, 0.3) is 0 Å². The molecule has 1 aliphatic carbocycles. The van der Waals surface area contributed by atoms with Crippen LogP contribution in [-0.2, 0) is 9.59 Å². The summed E-state index contributed by atoms with van der Waals surface area (Å²) in [6.07, 6.45) is 2.05. The van der Waals surface area contributed by atoms with E-state index in [9.17, 15) is 9.59 Å². The van der Waals surface area contributed by atoms with Gasteiger partial charge in [-0.2, -0.15) is 0 Å². The number of rotatable bonds is 3. The van der Waals surface area contributed by atoms with Crippen molar-refractivity contribution in [2.24, 2.45) is 5.92 Å². The number of likely N-dealkylation sites (tertiary alicyclic amines) is 1. The molecule has 1 aromatic rings. The Hall–Kier alpha value is -1.26. The maximum absolute atomic E-state index is 12.5. The van der Waals surface area contributed by atoms with Gasteiger partial charge in [0.1, 0.15) is 6.04 Å². The van der Waals surface area contributed by atoms with Crippen LogP contribution in [0.15, 0.2) is 18.2 Å². The van der Waals surface area contributed by atoms with Crippen LogP contribution in [0.4, 0.5) is 0 Å². The largest absolute Gasteiger partial charge is 0.480 e. The highest BCUT2D eigenvalue weighted by Crippen LogP contribution is 2.50. The summed E-state index contributed by atoms with van der Waals surface area (Å²) in [5.41, 5.74) is 0.994. The van der Waals surface area contributed by atoms with Gasteiger partial charge in [-0.05, 0) is 42.9 Å². The number of carboxylic acids is 1. The third-order valence-corrected chi connectivity index (χ3v) is 5.04. The fourth-order valence-corrected chi connectivity index (χ4v) is 3.39. The zero-order chi connectivity index (χ0) is 15.1. The van der Waals surface area contributed by atoms with Crippen LogP contribution < -0.4 is 0 Å². The standard InChI is InChI=1S/C15H15Cl2NO3/c16-11-4-3-8(6-12(11)17)9-7-10(9)14(19)18-5-1-2-13(18)15(20)21/h3-4,6,9-10,13H,1-2,5,7H2,(H,20,21)/t9?,10?,13-/m0/s1. The second-order valence-corrected chi connectivity index (χ2v) is 6.46. The molecular formula is C15H15Cl2NO3. The molecule has 0 aromatic heterocycles. The molecule has 2 fully saturated rings. The lowest BCUT2D eigenvalue weighted by Gasteiger charge is -2.21. The van der Waals surface area contributed by atoms with Crippen molar-refractivity contribution in [3.8, 4) is 0 Å². The highest BCUT2D eigenvalue weighted by Gasteiger charge is 2.48. The Kier molecular flexibility index (Phi) is 3.84. The summed E-state index contributed by atoms with van der Waals surface area (Å²) >= 11 is 11.9. The first-order valence-electron chi connectivity index (χ1n) is 6.97. The van der Waals surface area contributed by atoms with E-state index in [0.29, 0.717) is 23.0 Å². The lowest BCUT2D eigenvalue weighted by atomic mass is 10.1. The van der Waals surface area contributed by atoms with Crippen molar-refractivity contribution in [3.05, 3.63) is 33.8 Å². The Labute approximate surface area is 132 Å². The molecule has 0 radical (unpaired) electrons. The van der Waals surface area contributed by atoms with Gasteiger partial charge < -0.3 is 10.0 Å². The summed E-state index contributed by atoms with van der Waals surface area (Å²) in [5, 5.41) is 10.1. The molecule has 2 unspecified atom stereocenters. The minimum absolute atomic E-state index is 0.0454. The molecule has 3 atom stereocenters. The summed E-state index contributed by atoms with van der Waals surface area (Å²) in [7, 11) is 0. The smallest absolute Gasteiger partial charge is 0.326 e. The van der Waals surface area contributed by atoms with Gasteiger partial charge in [0.05, 0.1) is 10.0 Å². The molecule has 1 heterocycles. The lowest BCUT2D eigenvalue weighted by molar-refractivity contribution is -0.148. The van der Waals surface area contributed by atoms with Gasteiger partial charge in [-0.25, -0.2) is 4.79 Å². The molecule has 0 bridgehead atoms. The molecule has 1 saturated carbocycles. The molecule has 2 aliphatic rings. The number of carbonyl (C=O) groups is 2. The molecule has 21 heavy (non-hydrogen) atoms. The quantitative estimate of drug-likeness (QED) is 0.927. The number of halogens is 2. The molecule has 1 N–H and O–H groups in total. The van der Waals surface area contributed by atoms with E-state index in [1.807, 2.05) is 6.07 Å². The van der Waals surface area contributed by atoms with Crippen LogP contribution in [0.3, 0.4) is 0 Å². The first-order valence-corrected chi connectivity index (χ1v) is 7.73. The van der Waals surface area contributed by atoms with Gasteiger partial charge in [-0.15, -0.1) is 0 Å². The molecule has 1 aromatic carbocycles. The molecule has 112 valence electrons. The average Bonchev–Trinajstić information content (AvgIpc) is 3.08. The van der Waals surface area contributed by atoms with Crippen molar-refractivity contribution in [1.29, 1.82) is 0 Å². The highest BCUT2D eigenvalue weighted by atomic mass is 35.5. The highest BCUT2D eigenvalue weighted by molar-refractivity contribution is 6.42. The van der Waals surface area contributed by atoms with Gasteiger partial charge in [0.25, 0.3) is 0 Å². The molecule has 1 aliphatic heterocycles. The summed E-state index contributed by atoms with van der Waals surface area (Å²) in [4.78, 5) is 25.1. The van der Waals surface area contributed by atoms with E-state index in [-0.39, 0.29) is 17.7 Å². The molecule has 0 spiro atoms. The van der Waals surface area contributed by atoms with Gasteiger partial charge in [0, 0.05) is 12.5 Å². The zero-order valence-corrected chi connectivity index (χ0v) is 12.8. The second-order valence-electron chi connectivity index (χ2n) is 5.65. The van der Waals surface area contributed by atoms with E-state index >= 15 is 0 Å². The van der Waals surface area contributed by atoms with Gasteiger partial charge in [0.2, 0.25) is 5.91 Å². The SMILES string of the molecule is O=C(O)[C@@H]1CCCN1C(=O)C1CC1c1ccc(Cl)c(Cl)c1. The molecule has 6 heteroatoms. The fourth-order valence-electron chi connectivity index (χ4n) is 3.08. The maximum Gasteiger partial charge on any atom is 0.326 e. The number of benzene rings is 1. The van der Waals surface area contributed by atoms with Gasteiger partial charge >= 0.3 is 5.97 Å². The van der Waals surface area contributed by atoms with Crippen LogP contribution in [0.1, 0.15) is 30.7 Å². The third-order valence-electron chi connectivity index (χ3n) is 4.30. The normalized spacial score (nSPS) is 27.7. The van der Waals surface area contributed by atoms with E-state index in [1.54, 1.807) is 12.1 Å². The Bertz CT molecular complexity index is 605. The van der Waals surface area contributed by atoms with Crippen LogP contribution >= 0.6 is 23.2 Å². The molecule has 1 saturated heterocycles. The number of aliphatic carboxylic acids is 1. The van der Waals surface area contributed by atoms with E-state index in [2.05, 4.69) is 0 Å². The van der Waals surface area contributed by atoms with Crippen LogP contribution in [0, 0.1) is 5.92 Å². The van der Waals surface area contributed by atoms with E-state index < -0.39 is 12.0 Å². The number of amides is 1. The summed E-state index contributed by atoms with van der Waals surface area (Å²) < 4.78 is 0. The Balaban J connectivity index is 1.71. The first kappa shape index (κ1) is 14.7. The number of hydrogen-bond acceptors (Lipinski definition) is 2. The third kappa shape index (κ3) is 2.74. The molecule has 1 amide bonds. The topological polar surface area (TPSA) is 57.6 Å². The summed E-state index contributed by atoms with van der Waals surface area (Å²) in [6, 6.07) is 4.74. The van der Waals surface area contributed by atoms with Gasteiger partial charge in [-0.3, -0.25) is 4.79 Å². The van der Waals surface area contributed by atoms with Crippen molar-refractivity contribution >= 4 is 35.1 Å². The lowest BCUT2D eigenvalue weighted by Crippen LogP contribution is -2.41. The average molecular weight is 328 g/mol. The molecule has 3 rings (SSSR count). The number of nitrogens with zero attached hydrogens (tertiary/aromatic N) is 1. The van der Waals surface area contributed by atoms with Gasteiger partial charge in [0.15, 0.2) is 0 Å². The fraction of sp³-hybridized carbons (Fsp3) is 0.467. The monoisotopic (exact) mass is 327 g/mol. The predicted molar refractivity (Wildman–Crippen MR) is 79.7 cm³/mol. The number of carbonyl (C=O) groups excluding carboxylic acids is 1. The number of carboxylic acid groups (broad SMARTS) is 1. The van der Waals surface area contributed by atoms with Crippen LogP contribution in [-0.4, -0.2) is 34.5 Å². The molecular weight excluding hydrogens is 313 g/mol. The van der Waals surface area contributed by atoms with Crippen molar-refractivity contribution in [1.82, 2.24) is 4.90 Å². The van der Waals surface area contributed by atoms with E-state index in [4.69, 9.17) is 28.3 Å². The summed E-state index contributed by atoms with van der Waals surface area (Å²) in [6.45, 7) is 0.542. The van der Waals surface area contributed by atoms with Crippen molar-refractivity contribution in [2.45, 2.75) is 31.2 Å². The van der Waals surface area contributed by atoms with Crippen molar-refractivity contribution in [2.75, 3.05) is 6.54 Å². The van der Waals surface area contributed by atoms with Crippen molar-refractivity contribution < 1.29 is 14.7 Å². The van der Waals surface area contributed by atoms with Crippen LogP contribution in [0.2, 0.25) is 10.0 Å². The number of hydrogen-bond donors (Lipinski definition) is 1. The minimum Gasteiger partial charge on any atom is -0.480 e. The zero-order valence-electron chi connectivity index (χ0n) is 11.3. The van der Waals surface area contributed by atoms with E-state index in [1.165, 1.54) is 4.90 Å². The molecule has 4 nitrogen and oxygen atoms in total. The minimum atomic E-state index is -0.910. The second kappa shape index (κ2) is 5.50. The van der Waals surface area contributed by atoms with E-state index in [0.717, 1.165) is 18.4 Å². The van der Waals surface area contributed by atoms with Crippen LogP contribution in [0.5, 0.6) is 0 Å². The first-order chi connectivity index (χ1) is 9.99. The Morgan fingerprint density at radius 1 is 1.24 bits per heavy atom. The Morgan fingerprint density at radius 3 is 2.67 bits per heavy atom. The maximum atomic E-state index is 12.5. The summed E-state index contributed by atoms with van der Waals surface area (Å²) in [5.74, 6) is -0.951. The van der Waals surface area contributed by atoms with Crippen molar-refractivity contribution in [3.63, 3.8) is 0 Å². The van der Waals surface area contributed by atoms with Gasteiger partial charge in [-0.1, -0.05) is 29.3 Å². The Morgan fingerprint density at radius 2 is 2.00 bits per heavy atom. The predicted octanol–water partition coefficient (Wildman–Crippen LogP) is 3.17.